The molecular formula is C15H25NS. The van der Waals surface area contributed by atoms with E-state index in [9.17, 15) is 0 Å². The molecule has 0 saturated carbocycles. The molecule has 0 amide bonds. The molecule has 0 aliphatic rings. The summed E-state index contributed by atoms with van der Waals surface area (Å²) in [6, 6.07) is 9.38. The van der Waals surface area contributed by atoms with Gasteiger partial charge in [0.1, 0.15) is 0 Å². The monoisotopic (exact) mass is 251 g/mol. The molecule has 1 aromatic rings. The first kappa shape index (κ1) is 14.6. The molecule has 1 N–H and O–H groups in total. The Labute approximate surface area is 110 Å². The SMILES string of the molecule is CCCC(C)CSc1ccc(C(C)NC)cc1. The molecule has 0 aromatic heterocycles. The molecule has 2 unspecified atom stereocenters. The summed E-state index contributed by atoms with van der Waals surface area (Å²) in [6.07, 6.45) is 2.63. The van der Waals surface area contributed by atoms with Crippen molar-refractivity contribution in [3.63, 3.8) is 0 Å². The van der Waals surface area contributed by atoms with Crippen molar-refractivity contribution in [1.29, 1.82) is 0 Å². The van der Waals surface area contributed by atoms with Gasteiger partial charge in [-0.1, -0.05) is 38.8 Å². The predicted molar refractivity (Wildman–Crippen MR) is 78.7 cm³/mol. The summed E-state index contributed by atoms with van der Waals surface area (Å²) in [7, 11) is 2.00. The fourth-order valence-electron chi connectivity index (χ4n) is 1.83. The highest BCUT2D eigenvalue weighted by molar-refractivity contribution is 7.99. The van der Waals surface area contributed by atoms with Crippen LogP contribution in [0.2, 0.25) is 0 Å². The van der Waals surface area contributed by atoms with Crippen LogP contribution in [0.15, 0.2) is 29.2 Å². The molecule has 0 aliphatic carbocycles. The standard InChI is InChI=1S/C15H25NS/c1-5-6-12(2)11-17-15-9-7-14(8-10-15)13(3)16-4/h7-10,12-13,16H,5-6,11H2,1-4H3. The third-order valence-corrected chi connectivity index (χ3v) is 4.47. The van der Waals surface area contributed by atoms with E-state index in [0.29, 0.717) is 6.04 Å². The Morgan fingerprint density at radius 3 is 2.35 bits per heavy atom. The van der Waals surface area contributed by atoms with Crippen molar-refractivity contribution in [2.75, 3.05) is 12.8 Å². The molecule has 2 heteroatoms. The van der Waals surface area contributed by atoms with Gasteiger partial charge in [-0.2, -0.15) is 0 Å². The summed E-state index contributed by atoms with van der Waals surface area (Å²) in [5.74, 6) is 2.05. The fourth-order valence-corrected chi connectivity index (χ4v) is 2.81. The number of thioether (sulfide) groups is 1. The lowest BCUT2D eigenvalue weighted by Crippen LogP contribution is -2.11. The molecule has 1 rings (SSSR count). The molecule has 2 atom stereocenters. The van der Waals surface area contributed by atoms with Crippen LogP contribution in [0.1, 0.15) is 45.2 Å². The third-order valence-electron chi connectivity index (χ3n) is 3.13. The molecular weight excluding hydrogens is 226 g/mol. The highest BCUT2D eigenvalue weighted by atomic mass is 32.2. The Hall–Kier alpha value is -0.470. The first-order valence-electron chi connectivity index (χ1n) is 6.57. The van der Waals surface area contributed by atoms with Crippen molar-refractivity contribution in [3.8, 4) is 0 Å². The van der Waals surface area contributed by atoms with Gasteiger partial charge in [0.05, 0.1) is 0 Å². The van der Waals surface area contributed by atoms with Gasteiger partial charge in [0.25, 0.3) is 0 Å². The van der Waals surface area contributed by atoms with Gasteiger partial charge in [0.2, 0.25) is 0 Å². The van der Waals surface area contributed by atoms with Gasteiger partial charge < -0.3 is 5.32 Å². The second-order valence-corrected chi connectivity index (χ2v) is 5.88. The van der Waals surface area contributed by atoms with Crippen LogP contribution in [0.4, 0.5) is 0 Å². The Bertz CT molecular complexity index is 307. The average Bonchev–Trinajstić information content (AvgIpc) is 2.36. The lowest BCUT2D eigenvalue weighted by molar-refractivity contribution is 0.585. The van der Waals surface area contributed by atoms with Gasteiger partial charge in [-0.25, -0.2) is 0 Å². The van der Waals surface area contributed by atoms with Crippen LogP contribution in [0.3, 0.4) is 0 Å². The lowest BCUT2D eigenvalue weighted by atomic mass is 10.1. The normalized spacial score (nSPS) is 14.6. The van der Waals surface area contributed by atoms with Crippen molar-refractivity contribution in [3.05, 3.63) is 29.8 Å². The summed E-state index contributed by atoms with van der Waals surface area (Å²) in [4.78, 5) is 1.39. The number of benzene rings is 1. The predicted octanol–water partition coefficient (Wildman–Crippen LogP) is 4.50. The molecule has 0 heterocycles. The summed E-state index contributed by atoms with van der Waals surface area (Å²) in [5, 5.41) is 3.26. The minimum Gasteiger partial charge on any atom is -0.313 e. The highest BCUT2D eigenvalue weighted by Gasteiger charge is 2.04. The van der Waals surface area contributed by atoms with Crippen molar-refractivity contribution in [2.24, 2.45) is 5.92 Å². The van der Waals surface area contributed by atoms with Crippen LogP contribution in [0.5, 0.6) is 0 Å². The minimum absolute atomic E-state index is 0.438. The summed E-state index contributed by atoms with van der Waals surface area (Å²) < 4.78 is 0. The summed E-state index contributed by atoms with van der Waals surface area (Å²) >= 11 is 1.98. The maximum absolute atomic E-state index is 3.26. The van der Waals surface area contributed by atoms with E-state index in [-0.39, 0.29) is 0 Å². The van der Waals surface area contributed by atoms with Crippen molar-refractivity contribution in [1.82, 2.24) is 5.32 Å². The molecule has 0 aliphatic heterocycles. The average molecular weight is 251 g/mol. The molecule has 96 valence electrons. The summed E-state index contributed by atoms with van der Waals surface area (Å²) in [5.41, 5.74) is 1.36. The first-order chi connectivity index (χ1) is 8.17. The van der Waals surface area contributed by atoms with Gasteiger partial charge >= 0.3 is 0 Å². The second-order valence-electron chi connectivity index (χ2n) is 4.78. The van der Waals surface area contributed by atoms with Crippen LogP contribution in [-0.4, -0.2) is 12.8 Å². The lowest BCUT2D eigenvalue weighted by Gasteiger charge is -2.12. The fraction of sp³-hybridized carbons (Fsp3) is 0.600. The molecule has 0 spiro atoms. The van der Waals surface area contributed by atoms with E-state index < -0.39 is 0 Å². The van der Waals surface area contributed by atoms with E-state index in [1.165, 1.54) is 29.1 Å². The van der Waals surface area contributed by atoms with Crippen molar-refractivity contribution < 1.29 is 0 Å². The van der Waals surface area contributed by atoms with Crippen LogP contribution in [-0.2, 0) is 0 Å². The van der Waals surface area contributed by atoms with Crippen LogP contribution >= 0.6 is 11.8 Å². The van der Waals surface area contributed by atoms with Crippen LogP contribution in [0.25, 0.3) is 0 Å². The van der Waals surface area contributed by atoms with Gasteiger partial charge in [-0.05, 0) is 37.6 Å². The van der Waals surface area contributed by atoms with Crippen LogP contribution in [0, 0.1) is 5.92 Å². The van der Waals surface area contributed by atoms with E-state index in [4.69, 9.17) is 0 Å². The Morgan fingerprint density at radius 1 is 1.18 bits per heavy atom. The van der Waals surface area contributed by atoms with Gasteiger partial charge in [0, 0.05) is 16.7 Å². The Morgan fingerprint density at radius 2 is 1.82 bits per heavy atom. The molecule has 0 radical (unpaired) electrons. The second kappa shape index (κ2) is 7.78. The summed E-state index contributed by atoms with van der Waals surface area (Å²) in [6.45, 7) is 6.79. The third kappa shape index (κ3) is 5.13. The number of rotatable bonds is 7. The van der Waals surface area contributed by atoms with E-state index in [1.54, 1.807) is 0 Å². The van der Waals surface area contributed by atoms with Crippen molar-refractivity contribution >= 4 is 11.8 Å². The zero-order chi connectivity index (χ0) is 12.7. The molecule has 0 bridgehead atoms. The Kier molecular flexibility index (Phi) is 6.68. The number of nitrogens with one attached hydrogen (secondary N) is 1. The minimum atomic E-state index is 0.438. The largest absolute Gasteiger partial charge is 0.313 e. The van der Waals surface area contributed by atoms with Gasteiger partial charge in [-0.15, -0.1) is 11.8 Å². The molecule has 17 heavy (non-hydrogen) atoms. The molecule has 0 saturated heterocycles. The van der Waals surface area contributed by atoms with Gasteiger partial charge in [0.15, 0.2) is 0 Å². The topological polar surface area (TPSA) is 12.0 Å². The van der Waals surface area contributed by atoms with E-state index in [2.05, 4.69) is 50.4 Å². The van der Waals surface area contributed by atoms with Crippen molar-refractivity contribution in [2.45, 2.75) is 44.6 Å². The van der Waals surface area contributed by atoms with Gasteiger partial charge in [-0.3, -0.25) is 0 Å². The van der Waals surface area contributed by atoms with Crippen LogP contribution < -0.4 is 5.32 Å². The van der Waals surface area contributed by atoms with E-state index in [1.807, 2.05) is 18.8 Å². The highest BCUT2D eigenvalue weighted by Crippen LogP contribution is 2.24. The molecule has 0 fully saturated rings. The van der Waals surface area contributed by atoms with E-state index in [0.717, 1.165) is 5.92 Å². The number of hydrogen-bond donors (Lipinski definition) is 1. The number of hydrogen-bond acceptors (Lipinski definition) is 2. The first-order valence-corrected chi connectivity index (χ1v) is 7.56. The zero-order valence-corrected chi connectivity index (χ0v) is 12.3. The van der Waals surface area contributed by atoms with E-state index >= 15 is 0 Å². The molecule has 1 nitrogen and oxygen atoms in total. The molecule has 1 aromatic carbocycles. The smallest absolute Gasteiger partial charge is 0.0289 e. The maximum Gasteiger partial charge on any atom is 0.0289 e. The maximum atomic E-state index is 3.26. The quantitative estimate of drug-likeness (QED) is 0.716. The zero-order valence-electron chi connectivity index (χ0n) is 11.5. The Balaban J connectivity index is 2.45.